The van der Waals surface area contributed by atoms with Crippen LogP contribution < -0.4 is 20.5 Å². The Kier molecular flexibility index (Phi) is 6.82. The van der Waals surface area contributed by atoms with Crippen LogP contribution in [0.1, 0.15) is 31.7 Å². The maximum Gasteiger partial charge on any atom is 0.419 e. The van der Waals surface area contributed by atoms with Crippen LogP contribution in [0.15, 0.2) is 18.3 Å². The number of hydrogen-bond acceptors (Lipinski definition) is 3. The number of piperidine rings is 1. The van der Waals surface area contributed by atoms with Crippen molar-refractivity contribution in [1.29, 1.82) is 0 Å². The van der Waals surface area contributed by atoms with Crippen molar-refractivity contribution in [2.75, 3.05) is 31.1 Å². The Bertz CT molecular complexity index is 611. The molecule has 3 N–H and O–H groups in total. The predicted molar refractivity (Wildman–Crippen MR) is 89.2 cm³/mol. The third-order valence-electron chi connectivity index (χ3n) is 4.33. The molecule has 144 valence electrons. The summed E-state index contributed by atoms with van der Waals surface area (Å²) in [6.45, 7) is 3.60. The molecule has 0 spiro atoms. The van der Waals surface area contributed by atoms with Crippen LogP contribution in [0.25, 0.3) is 0 Å². The van der Waals surface area contributed by atoms with E-state index in [2.05, 4.69) is 15.6 Å². The lowest BCUT2D eigenvalue weighted by Gasteiger charge is -2.27. The highest BCUT2D eigenvalue weighted by molar-refractivity contribution is 5.85. The van der Waals surface area contributed by atoms with Crippen LogP contribution in [-0.2, 0) is 15.8 Å². The fourth-order valence-corrected chi connectivity index (χ4v) is 2.81. The first-order valence-electron chi connectivity index (χ1n) is 8.69. The number of nitrogens with zero attached hydrogens (tertiary/aromatic N) is 1. The van der Waals surface area contributed by atoms with Crippen LogP contribution in [0.2, 0.25) is 0 Å². The molecule has 0 bridgehead atoms. The number of rotatable bonds is 6. The summed E-state index contributed by atoms with van der Waals surface area (Å²) in [4.78, 5) is 28.2. The van der Waals surface area contributed by atoms with Gasteiger partial charge in [-0.15, -0.1) is 0 Å². The van der Waals surface area contributed by atoms with Gasteiger partial charge in [-0.05, 0) is 25.3 Å². The van der Waals surface area contributed by atoms with Gasteiger partial charge < -0.3 is 10.6 Å². The van der Waals surface area contributed by atoms with E-state index < -0.39 is 11.7 Å². The minimum atomic E-state index is -4.37. The molecule has 0 saturated carbocycles. The number of anilines is 1. The molecular formula is C17H24F3N4O2+. The lowest BCUT2D eigenvalue weighted by atomic mass is 9.96. The predicted octanol–water partition coefficient (Wildman–Crippen LogP) is 1.38. The molecule has 1 saturated heterocycles. The van der Waals surface area contributed by atoms with Gasteiger partial charge in [-0.1, -0.05) is 6.92 Å². The first kappa shape index (κ1) is 20.0. The Morgan fingerprint density at radius 1 is 1.23 bits per heavy atom. The monoisotopic (exact) mass is 373 g/mol. The van der Waals surface area contributed by atoms with Crippen molar-refractivity contribution < 1.29 is 27.7 Å². The van der Waals surface area contributed by atoms with Gasteiger partial charge in [-0.3, -0.25) is 14.5 Å². The summed E-state index contributed by atoms with van der Waals surface area (Å²) in [6, 6.07) is 2.45. The third-order valence-corrected chi connectivity index (χ3v) is 4.33. The largest absolute Gasteiger partial charge is 0.419 e. The molecular weight excluding hydrogens is 349 g/mol. The summed E-state index contributed by atoms with van der Waals surface area (Å²) in [5.41, 5.74) is -0.725. The fraction of sp³-hybridized carbons (Fsp3) is 0.588. The maximum atomic E-state index is 12.6. The zero-order valence-electron chi connectivity index (χ0n) is 14.7. The molecule has 6 nitrogen and oxygen atoms in total. The maximum absolute atomic E-state index is 12.6. The van der Waals surface area contributed by atoms with E-state index in [1.807, 2.05) is 11.8 Å². The standard InChI is InChI=1S/C17H23F3N4O2/c1-2-7-21-15(25)11-23-16(26)12-5-8-24(9-6-12)14-4-3-13(10-22-14)17(18,19)20/h3-4,10,12H,2,5-9,11H2,1H3,(H,21,25)(H,23,26)/p+1. The Hall–Kier alpha value is -2.32. The average molecular weight is 373 g/mol. The number of H-pyrrole nitrogens is 1. The minimum absolute atomic E-state index is 0.0360. The molecule has 1 fully saturated rings. The summed E-state index contributed by atoms with van der Waals surface area (Å²) < 4.78 is 37.8. The minimum Gasteiger partial charge on any atom is -0.355 e. The van der Waals surface area contributed by atoms with E-state index in [-0.39, 0.29) is 24.3 Å². The van der Waals surface area contributed by atoms with Crippen molar-refractivity contribution in [3.05, 3.63) is 23.9 Å². The molecule has 1 aliphatic rings. The lowest BCUT2D eigenvalue weighted by molar-refractivity contribution is -0.367. The van der Waals surface area contributed by atoms with E-state index in [4.69, 9.17) is 0 Å². The third kappa shape index (κ3) is 5.60. The van der Waals surface area contributed by atoms with Crippen LogP contribution in [-0.4, -0.2) is 38.0 Å². The summed E-state index contributed by atoms with van der Waals surface area (Å²) in [6.07, 6.45) is -1.43. The molecule has 9 heteroatoms. The van der Waals surface area contributed by atoms with Crippen molar-refractivity contribution in [3.63, 3.8) is 0 Å². The van der Waals surface area contributed by atoms with Gasteiger partial charge in [0, 0.05) is 18.5 Å². The zero-order valence-corrected chi connectivity index (χ0v) is 14.7. The number of amides is 2. The first-order valence-corrected chi connectivity index (χ1v) is 8.69. The molecule has 2 rings (SSSR count). The van der Waals surface area contributed by atoms with E-state index in [1.54, 1.807) is 0 Å². The Labute approximate surface area is 150 Å². The molecule has 0 aliphatic carbocycles. The summed E-state index contributed by atoms with van der Waals surface area (Å²) in [5, 5.41) is 5.33. The molecule has 2 heterocycles. The normalized spacial score (nSPS) is 15.6. The highest BCUT2D eigenvalue weighted by Crippen LogP contribution is 2.29. The first-order chi connectivity index (χ1) is 12.3. The number of halogens is 3. The second kappa shape index (κ2) is 8.86. The average Bonchev–Trinajstić information content (AvgIpc) is 2.64. The van der Waals surface area contributed by atoms with Crippen molar-refractivity contribution in [2.45, 2.75) is 32.4 Å². The van der Waals surface area contributed by atoms with Crippen molar-refractivity contribution in [1.82, 2.24) is 10.6 Å². The lowest BCUT2D eigenvalue weighted by Crippen LogP contribution is -2.44. The second-order valence-electron chi connectivity index (χ2n) is 6.29. The number of alkyl halides is 3. The molecule has 2 amide bonds. The number of hydrogen-bond donors (Lipinski definition) is 2. The number of aromatic nitrogens is 1. The quantitative estimate of drug-likeness (QED) is 0.791. The van der Waals surface area contributed by atoms with Crippen LogP contribution in [0.3, 0.4) is 0 Å². The van der Waals surface area contributed by atoms with Gasteiger partial charge in [0.15, 0.2) is 0 Å². The molecule has 0 atom stereocenters. The van der Waals surface area contributed by atoms with Gasteiger partial charge in [-0.2, -0.15) is 13.2 Å². The van der Waals surface area contributed by atoms with Gasteiger partial charge in [0.25, 0.3) is 5.82 Å². The van der Waals surface area contributed by atoms with Crippen molar-refractivity contribution in [2.24, 2.45) is 5.92 Å². The number of aromatic amines is 1. The molecule has 0 unspecified atom stereocenters. The second-order valence-corrected chi connectivity index (χ2v) is 6.29. The van der Waals surface area contributed by atoms with Gasteiger partial charge in [0.05, 0.1) is 25.2 Å². The Morgan fingerprint density at radius 3 is 2.46 bits per heavy atom. The number of carbonyl (C=O) groups excluding carboxylic acids is 2. The summed E-state index contributed by atoms with van der Waals surface area (Å²) in [5.74, 6) is 0.0279. The summed E-state index contributed by atoms with van der Waals surface area (Å²) >= 11 is 0. The highest BCUT2D eigenvalue weighted by Gasteiger charge is 2.33. The van der Waals surface area contributed by atoms with Gasteiger partial charge in [-0.25, -0.2) is 4.98 Å². The molecule has 0 aromatic carbocycles. The highest BCUT2D eigenvalue weighted by atomic mass is 19.4. The SMILES string of the molecule is CCCNC(=O)CNC(=O)C1CCN(c2ccc(C(F)(F)F)c[nH+]2)CC1. The molecule has 1 aromatic heterocycles. The number of carbonyl (C=O) groups is 2. The van der Waals surface area contributed by atoms with Gasteiger partial charge in [0.2, 0.25) is 11.8 Å². The smallest absolute Gasteiger partial charge is 0.355 e. The Morgan fingerprint density at radius 2 is 1.92 bits per heavy atom. The Balaban J connectivity index is 1.79. The number of nitrogens with one attached hydrogen (secondary N) is 3. The van der Waals surface area contributed by atoms with E-state index in [9.17, 15) is 22.8 Å². The topological polar surface area (TPSA) is 75.6 Å². The summed E-state index contributed by atoms with van der Waals surface area (Å²) in [7, 11) is 0. The van der Waals surface area contributed by atoms with Gasteiger partial charge in [0.1, 0.15) is 6.20 Å². The van der Waals surface area contributed by atoms with E-state index >= 15 is 0 Å². The molecule has 26 heavy (non-hydrogen) atoms. The fourth-order valence-electron chi connectivity index (χ4n) is 2.81. The van der Waals surface area contributed by atoms with Crippen LogP contribution >= 0.6 is 0 Å². The molecule has 0 radical (unpaired) electrons. The van der Waals surface area contributed by atoms with Crippen LogP contribution in [0, 0.1) is 5.92 Å². The van der Waals surface area contributed by atoms with E-state index in [0.717, 1.165) is 18.7 Å². The van der Waals surface area contributed by atoms with Gasteiger partial charge >= 0.3 is 6.18 Å². The van der Waals surface area contributed by atoms with E-state index in [1.165, 1.54) is 6.07 Å². The van der Waals surface area contributed by atoms with E-state index in [0.29, 0.717) is 38.3 Å². The van der Waals surface area contributed by atoms with Crippen molar-refractivity contribution in [3.8, 4) is 0 Å². The van der Waals surface area contributed by atoms with Crippen molar-refractivity contribution >= 4 is 17.6 Å². The molecule has 1 aromatic rings. The van der Waals surface area contributed by atoms with Crippen LogP contribution in [0.4, 0.5) is 19.0 Å². The number of pyridine rings is 1. The van der Waals surface area contributed by atoms with Crippen LogP contribution in [0.5, 0.6) is 0 Å². The molecule has 1 aliphatic heterocycles. The zero-order chi connectivity index (χ0) is 19.2.